The predicted molar refractivity (Wildman–Crippen MR) is 218 cm³/mol. The molecule has 0 spiro atoms. The molecule has 0 aliphatic carbocycles. The number of likely N-dealkylation sites (tertiary alicyclic amines) is 1. The Balaban J connectivity index is 1.61. The molecule has 1 fully saturated rings. The van der Waals surface area contributed by atoms with Crippen molar-refractivity contribution < 1.29 is 63.3 Å². The maximum atomic E-state index is 13.7. The number of carboxylic acid groups (broad SMARTS) is 2. The van der Waals surface area contributed by atoms with Crippen molar-refractivity contribution in [2.45, 2.75) is 108 Å². The lowest BCUT2D eigenvalue weighted by Crippen LogP contribution is -2.59. The summed E-state index contributed by atoms with van der Waals surface area (Å²) in [5, 5.41) is 42.7. The molecule has 0 bridgehead atoms. The summed E-state index contributed by atoms with van der Waals surface area (Å²) in [5.74, 6) is -10.5. The number of aromatic amines is 1. The number of carboxylic acids is 2. The van der Waals surface area contributed by atoms with E-state index in [4.69, 9.17) is 11.5 Å². The predicted octanol–water partition coefficient (Wildman–Crippen LogP) is -3.74. The number of phenolic OH excluding ortho intramolecular Hbond substituents is 1. The van der Waals surface area contributed by atoms with E-state index in [0.29, 0.717) is 24.1 Å². The van der Waals surface area contributed by atoms with Crippen LogP contribution in [-0.4, -0.2) is 145 Å². The number of nitrogens with one attached hydrogen (secondary N) is 7. The fourth-order valence-corrected chi connectivity index (χ4v) is 6.54. The summed E-state index contributed by atoms with van der Waals surface area (Å²) >= 11 is 0. The highest BCUT2D eigenvalue weighted by atomic mass is 16.4. The molecule has 1 aliphatic heterocycles. The number of amides is 8. The Morgan fingerprint density at radius 3 is 2.06 bits per heavy atom. The SMILES string of the molecule is CC[C@H](C)[C@H](NC(=O)[C@@H]1CCCN1C(=O)[C@H](C)NC(=O)[C@H](CC(N)=O)NC(=O)[C@@H](N)Cc1cnc[nH]1)C(=O)NCC(=O)N[C@@H](CC(=O)O)C(=O)N[C@@H](Cc1ccc(O)cc1)C(=O)O. The number of phenols is 1. The second kappa shape index (κ2) is 23.8. The van der Waals surface area contributed by atoms with Crippen molar-refractivity contribution in [1.29, 1.82) is 0 Å². The summed E-state index contributed by atoms with van der Waals surface area (Å²) in [4.78, 5) is 136. The lowest BCUT2D eigenvalue weighted by Gasteiger charge is -2.30. The number of benzene rings is 1. The average molecular weight is 886 g/mol. The molecule has 1 aromatic carbocycles. The minimum atomic E-state index is -1.75. The number of hydrogen-bond donors (Lipinski definition) is 12. The van der Waals surface area contributed by atoms with Crippen molar-refractivity contribution >= 4 is 59.2 Å². The fourth-order valence-electron chi connectivity index (χ4n) is 6.54. The number of carbonyl (C=O) groups is 10. The molecule has 3 rings (SSSR count). The molecule has 14 N–H and O–H groups in total. The van der Waals surface area contributed by atoms with Gasteiger partial charge in [0.25, 0.3) is 0 Å². The number of aromatic hydroxyl groups is 1. The zero-order valence-electron chi connectivity index (χ0n) is 34.9. The van der Waals surface area contributed by atoms with Crippen molar-refractivity contribution in [2.24, 2.45) is 17.4 Å². The highest BCUT2D eigenvalue weighted by molar-refractivity contribution is 5.98. The van der Waals surface area contributed by atoms with E-state index in [1.54, 1.807) is 13.8 Å². The van der Waals surface area contributed by atoms with Crippen molar-refractivity contribution in [1.82, 2.24) is 46.8 Å². The molecule has 1 aliphatic rings. The van der Waals surface area contributed by atoms with Crippen molar-refractivity contribution in [3.05, 3.63) is 48.0 Å². The number of H-pyrrole nitrogens is 1. The summed E-state index contributed by atoms with van der Waals surface area (Å²) in [5.41, 5.74) is 12.2. The topological polar surface area (TPSA) is 388 Å². The summed E-state index contributed by atoms with van der Waals surface area (Å²) in [6.45, 7) is 4.06. The van der Waals surface area contributed by atoms with Crippen LogP contribution >= 0.6 is 0 Å². The Hall–Kier alpha value is -7.11. The fraction of sp³-hybridized carbons (Fsp3) is 0.513. The normalized spacial score (nSPS) is 16.7. The quantitative estimate of drug-likeness (QED) is 0.0482. The Labute approximate surface area is 361 Å². The number of aliphatic carboxylic acids is 2. The molecule has 0 unspecified atom stereocenters. The summed E-state index contributed by atoms with van der Waals surface area (Å²) < 4.78 is 0. The van der Waals surface area contributed by atoms with Gasteiger partial charge in [-0.1, -0.05) is 32.4 Å². The molecule has 0 radical (unpaired) electrons. The number of hydrogen-bond acceptors (Lipinski definition) is 13. The third-order valence-electron chi connectivity index (χ3n) is 10.2. The Morgan fingerprint density at radius 2 is 1.48 bits per heavy atom. The molecule has 1 aromatic heterocycles. The van der Waals surface area contributed by atoms with Gasteiger partial charge in [-0.2, -0.15) is 0 Å². The minimum absolute atomic E-state index is 0.0389. The highest BCUT2D eigenvalue weighted by Crippen LogP contribution is 2.20. The van der Waals surface area contributed by atoms with Gasteiger partial charge < -0.3 is 68.6 Å². The van der Waals surface area contributed by atoms with Gasteiger partial charge in [0.2, 0.25) is 47.3 Å². The van der Waals surface area contributed by atoms with E-state index in [1.807, 2.05) is 0 Å². The van der Waals surface area contributed by atoms with Crippen LogP contribution in [0.3, 0.4) is 0 Å². The van der Waals surface area contributed by atoms with E-state index in [0.717, 1.165) is 0 Å². The Bertz CT molecular complexity index is 1980. The van der Waals surface area contributed by atoms with Crippen LogP contribution in [0.4, 0.5) is 0 Å². The molecule has 8 atom stereocenters. The molecular weight excluding hydrogens is 830 g/mol. The summed E-state index contributed by atoms with van der Waals surface area (Å²) in [6.07, 6.45) is 2.05. The first-order valence-electron chi connectivity index (χ1n) is 20.0. The van der Waals surface area contributed by atoms with Gasteiger partial charge in [0.1, 0.15) is 42.0 Å². The van der Waals surface area contributed by atoms with Gasteiger partial charge in [0.15, 0.2) is 0 Å². The molecule has 24 nitrogen and oxygen atoms in total. The van der Waals surface area contributed by atoms with E-state index < -0.39 is 127 Å². The van der Waals surface area contributed by atoms with Crippen LogP contribution in [0.15, 0.2) is 36.8 Å². The zero-order valence-corrected chi connectivity index (χ0v) is 34.9. The van der Waals surface area contributed by atoms with Crippen LogP contribution < -0.4 is 43.4 Å². The van der Waals surface area contributed by atoms with Gasteiger partial charge in [-0.3, -0.25) is 43.2 Å². The molecule has 8 amide bonds. The van der Waals surface area contributed by atoms with Gasteiger partial charge >= 0.3 is 11.9 Å². The van der Waals surface area contributed by atoms with Crippen LogP contribution in [0.1, 0.15) is 64.1 Å². The number of primary amides is 1. The number of imidazole rings is 1. The van der Waals surface area contributed by atoms with Gasteiger partial charge in [0, 0.05) is 31.3 Å². The van der Waals surface area contributed by atoms with Gasteiger partial charge in [-0.05, 0) is 43.4 Å². The second-order valence-electron chi connectivity index (χ2n) is 15.1. The summed E-state index contributed by atoms with van der Waals surface area (Å²) in [7, 11) is 0. The molecule has 344 valence electrons. The second-order valence-corrected chi connectivity index (χ2v) is 15.1. The number of rotatable bonds is 24. The summed E-state index contributed by atoms with van der Waals surface area (Å²) in [6, 6.07) is -4.00. The van der Waals surface area contributed by atoms with Crippen LogP contribution in [0.2, 0.25) is 0 Å². The van der Waals surface area contributed by atoms with Crippen LogP contribution in [0.5, 0.6) is 5.75 Å². The van der Waals surface area contributed by atoms with E-state index >= 15 is 0 Å². The molecule has 2 aromatic rings. The average Bonchev–Trinajstić information content (AvgIpc) is 3.94. The lowest BCUT2D eigenvalue weighted by atomic mass is 9.97. The Kier molecular flexibility index (Phi) is 19.0. The molecule has 63 heavy (non-hydrogen) atoms. The minimum Gasteiger partial charge on any atom is -0.508 e. The number of nitrogens with two attached hydrogens (primary N) is 2. The largest absolute Gasteiger partial charge is 0.508 e. The Morgan fingerprint density at radius 1 is 0.841 bits per heavy atom. The van der Waals surface area contributed by atoms with E-state index in [9.17, 15) is 63.3 Å². The first-order chi connectivity index (χ1) is 29.7. The number of aromatic nitrogens is 2. The smallest absolute Gasteiger partial charge is 0.326 e. The molecule has 1 saturated heterocycles. The van der Waals surface area contributed by atoms with Gasteiger partial charge in [0.05, 0.1) is 31.8 Å². The molecule has 2 heterocycles. The van der Waals surface area contributed by atoms with E-state index in [1.165, 1.54) is 48.6 Å². The third-order valence-corrected chi connectivity index (χ3v) is 10.2. The molecular formula is C39H55N11O13. The first-order valence-corrected chi connectivity index (χ1v) is 20.0. The van der Waals surface area contributed by atoms with Crippen LogP contribution in [-0.2, 0) is 60.8 Å². The van der Waals surface area contributed by atoms with Gasteiger partial charge in [-0.25, -0.2) is 9.78 Å². The lowest BCUT2D eigenvalue weighted by molar-refractivity contribution is -0.143. The van der Waals surface area contributed by atoms with Crippen molar-refractivity contribution in [3.8, 4) is 5.75 Å². The van der Waals surface area contributed by atoms with Gasteiger partial charge in [-0.15, -0.1) is 0 Å². The molecule has 0 saturated carbocycles. The van der Waals surface area contributed by atoms with E-state index in [-0.39, 0.29) is 31.6 Å². The highest BCUT2D eigenvalue weighted by Gasteiger charge is 2.39. The van der Waals surface area contributed by atoms with Crippen LogP contribution in [0, 0.1) is 5.92 Å². The zero-order chi connectivity index (χ0) is 47.0. The maximum absolute atomic E-state index is 13.7. The van der Waals surface area contributed by atoms with E-state index in [2.05, 4.69) is 41.9 Å². The van der Waals surface area contributed by atoms with Crippen LogP contribution in [0.25, 0.3) is 0 Å². The first kappa shape index (κ1) is 50.2. The standard InChI is InChI=1S/C39H55N11O13/c1-4-19(2)32(37(60)43-17-30(53)46-26(15-31(54)55)35(58)48-27(39(62)63)12-21-7-9-23(51)10-8-21)49-36(59)28-6-5-11-50(28)38(61)20(3)45-34(57)25(14-29(41)52)47-33(56)24(40)13-22-16-42-18-44-22/h7-10,16,18-20,24-28,32,51H,4-6,11-15,17,40H2,1-3H3,(H2,41,52)(H,42,44)(H,43,60)(H,45,57)(H,46,53)(H,47,56)(H,48,58)(H,49,59)(H,54,55)(H,62,63)/t19-,20-,24-,25-,26-,27-,28-,32-/m0/s1. The maximum Gasteiger partial charge on any atom is 0.326 e. The van der Waals surface area contributed by atoms with Crippen molar-refractivity contribution in [3.63, 3.8) is 0 Å². The number of carbonyl (C=O) groups excluding carboxylic acids is 8. The third kappa shape index (κ3) is 15.7. The van der Waals surface area contributed by atoms with Crippen molar-refractivity contribution in [2.75, 3.05) is 13.1 Å². The number of nitrogens with zero attached hydrogens (tertiary/aromatic N) is 2. The molecule has 24 heteroatoms. The monoisotopic (exact) mass is 885 g/mol.